The van der Waals surface area contributed by atoms with Gasteiger partial charge in [0.2, 0.25) is 0 Å². The van der Waals surface area contributed by atoms with Crippen LogP contribution in [0.2, 0.25) is 0 Å². The highest BCUT2D eigenvalue weighted by molar-refractivity contribution is 5.59. The molecule has 0 aliphatic carbocycles. The fourth-order valence-corrected chi connectivity index (χ4v) is 1.19. The largest absolute Gasteiger partial charge is 0.256 e. The first-order valence-electron chi connectivity index (χ1n) is 7.67. The predicted molar refractivity (Wildman–Crippen MR) is 59.1 cm³/mol. The zero-order valence-corrected chi connectivity index (χ0v) is 7.41. The Balaban J connectivity index is 2.44. The second kappa shape index (κ2) is 3.62. The van der Waals surface area contributed by atoms with Gasteiger partial charge in [-0.25, -0.2) is 0 Å². The van der Waals surface area contributed by atoms with E-state index in [1.54, 1.807) is 12.1 Å². The number of nitrogens with zero attached hydrogens (tertiary/aromatic N) is 1. The molecule has 0 fully saturated rings. The third-order valence-corrected chi connectivity index (χ3v) is 1.89. The van der Waals surface area contributed by atoms with E-state index in [2.05, 4.69) is 4.98 Å². The summed E-state index contributed by atoms with van der Waals surface area (Å²) in [6, 6.07) is 7.30. The smallest absolute Gasteiger partial charge is 0.0704 e. The van der Waals surface area contributed by atoms with E-state index in [1.165, 1.54) is 24.4 Å². The summed E-state index contributed by atoms with van der Waals surface area (Å²) >= 11 is 0. The van der Waals surface area contributed by atoms with Gasteiger partial charge < -0.3 is 0 Å². The maximum atomic E-state index is 7.60. The third kappa shape index (κ3) is 1.82. The summed E-state index contributed by atoms with van der Waals surface area (Å²) in [5, 5.41) is 0. The van der Waals surface area contributed by atoms with E-state index in [4.69, 9.17) is 9.60 Å². The maximum Gasteiger partial charge on any atom is 0.0704 e. The highest BCUT2D eigenvalue weighted by Crippen LogP contribution is 2.17. The molecule has 0 saturated carbocycles. The summed E-state index contributed by atoms with van der Waals surface area (Å²) in [7, 11) is 0. The number of benzene rings is 1. The van der Waals surface area contributed by atoms with Gasteiger partial charge in [-0.15, -0.1) is 0 Å². The number of aromatic nitrogens is 1. The Labute approximate surface area is 94.3 Å². The zero-order valence-electron chi connectivity index (χ0n) is 14.4. The molecule has 0 atom stereocenters. The van der Waals surface area contributed by atoms with Crippen molar-refractivity contribution in [3.8, 4) is 11.3 Å². The highest BCUT2D eigenvalue weighted by atomic mass is 14.7. The van der Waals surface area contributed by atoms with Gasteiger partial charge in [0.1, 0.15) is 0 Å². The Morgan fingerprint density at radius 1 is 1.14 bits per heavy atom. The lowest BCUT2D eigenvalue weighted by Crippen LogP contribution is -1.84. The lowest BCUT2D eigenvalue weighted by Gasteiger charge is -2.01. The second-order valence-electron chi connectivity index (χ2n) is 2.92. The molecule has 1 aromatic heterocycles. The number of hydrogen-bond donors (Lipinski definition) is 0. The quantitative estimate of drug-likeness (QED) is 0.672. The topological polar surface area (TPSA) is 12.9 Å². The molecule has 14 heavy (non-hydrogen) atoms. The van der Waals surface area contributed by atoms with Gasteiger partial charge in [-0.05, 0) is 31.4 Å². The van der Waals surface area contributed by atoms with Gasteiger partial charge >= 0.3 is 0 Å². The molecule has 0 amide bonds. The van der Waals surface area contributed by atoms with Crippen LogP contribution in [0.5, 0.6) is 0 Å². The lowest BCUT2D eigenvalue weighted by molar-refractivity contribution is 1.28. The van der Waals surface area contributed by atoms with Gasteiger partial charge in [-0.1, -0.05) is 29.8 Å². The first-order valence-corrected chi connectivity index (χ1v) is 4.17. The fraction of sp³-hybridized carbons (Fsp3) is 0.154. The van der Waals surface area contributed by atoms with Crippen molar-refractivity contribution in [1.29, 1.82) is 0 Å². The third-order valence-electron chi connectivity index (χ3n) is 1.89. The van der Waals surface area contributed by atoms with Crippen LogP contribution < -0.4 is 0 Å². The molecule has 1 nitrogen and oxygen atoms in total. The van der Waals surface area contributed by atoms with Crippen LogP contribution in [0.4, 0.5) is 0 Å². The standard InChI is InChI=1S/C13H13N/c1-10-3-5-12(6-4-10)13-9-11(2)7-8-14-13/h3-9H,1-2H3/i1D3,2D3,7D. The van der Waals surface area contributed by atoms with Crippen molar-refractivity contribution in [2.24, 2.45) is 0 Å². The van der Waals surface area contributed by atoms with Crippen LogP contribution in [0.3, 0.4) is 0 Å². The molecule has 0 bridgehead atoms. The van der Waals surface area contributed by atoms with Crippen LogP contribution in [-0.4, -0.2) is 4.98 Å². The SMILES string of the molecule is [2H]c1cnc(-c2ccc(C([2H])([2H])[2H])cc2)cc1C([2H])([2H])[2H]. The lowest BCUT2D eigenvalue weighted by atomic mass is 10.1. The minimum atomic E-state index is -2.38. The van der Waals surface area contributed by atoms with E-state index in [9.17, 15) is 0 Å². The number of pyridine rings is 1. The molecular weight excluding hydrogens is 170 g/mol. The molecular formula is C13H13N. The van der Waals surface area contributed by atoms with E-state index in [1.807, 2.05) is 0 Å². The van der Waals surface area contributed by atoms with Gasteiger partial charge in [-0.3, -0.25) is 4.98 Å². The van der Waals surface area contributed by atoms with E-state index in [0.717, 1.165) is 0 Å². The van der Waals surface area contributed by atoms with Gasteiger partial charge in [0.15, 0.2) is 0 Å². The van der Waals surface area contributed by atoms with Gasteiger partial charge in [0.05, 0.1) is 7.06 Å². The minimum absolute atomic E-state index is 0.0765. The summed E-state index contributed by atoms with van der Waals surface area (Å²) in [6.07, 6.45) is 1.19. The van der Waals surface area contributed by atoms with Gasteiger partial charge in [0, 0.05) is 20.0 Å². The summed E-state index contributed by atoms with van der Waals surface area (Å²) in [6.45, 7) is -4.56. The van der Waals surface area contributed by atoms with Crippen LogP contribution in [0.1, 0.15) is 20.7 Å². The molecule has 0 unspecified atom stereocenters. The number of hydrogen-bond acceptors (Lipinski definition) is 1. The first-order chi connectivity index (χ1) is 9.59. The van der Waals surface area contributed by atoms with Crippen LogP contribution >= 0.6 is 0 Å². The molecule has 2 rings (SSSR count). The highest BCUT2D eigenvalue weighted by Gasteiger charge is 1.97. The molecule has 0 saturated heterocycles. The Bertz CT molecular complexity index is 641. The van der Waals surface area contributed by atoms with Crippen LogP contribution in [-0.2, 0) is 0 Å². The maximum absolute atomic E-state index is 7.60. The molecule has 0 radical (unpaired) electrons. The molecule has 1 aromatic carbocycles. The first kappa shape index (κ1) is 3.85. The number of aryl methyl sites for hydroxylation is 2. The van der Waals surface area contributed by atoms with Crippen molar-refractivity contribution < 1.29 is 9.60 Å². The average molecular weight is 190 g/mol. The van der Waals surface area contributed by atoms with E-state index in [0.29, 0.717) is 11.3 Å². The second-order valence-corrected chi connectivity index (χ2v) is 2.92. The number of rotatable bonds is 1. The normalized spacial score (nSPS) is 19.3. The molecule has 0 aliphatic rings. The van der Waals surface area contributed by atoms with E-state index in [-0.39, 0.29) is 17.2 Å². The predicted octanol–water partition coefficient (Wildman–Crippen LogP) is 3.37. The molecule has 1 heterocycles. The molecule has 0 aliphatic heterocycles. The van der Waals surface area contributed by atoms with Crippen molar-refractivity contribution in [2.75, 3.05) is 0 Å². The zero-order chi connectivity index (χ0) is 15.8. The Hall–Kier alpha value is -1.63. The van der Waals surface area contributed by atoms with Crippen molar-refractivity contribution in [3.05, 3.63) is 53.7 Å². The summed E-state index contributed by atoms with van der Waals surface area (Å²) < 4.78 is 51.7. The molecule has 0 N–H and O–H groups in total. The van der Waals surface area contributed by atoms with Crippen molar-refractivity contribution in [2.45, 2.75) is 13.7 Å². The Morgan fingerprint density at radius 3 is 2.64 bits per heavy atom. The van der Waals surface area contributed by atoms with Crippen molar-refractivity contribution in [3.63, 3.8) is 0 Å². The Kier molecular flexibility index (Phi) is 0.997. The van der Waals surface area contributed by atoms with E-state index < -0.39 is 13.7 Å². The molecule has 0 spiro atoms. The molecule has 70 valence electrons. The van der Waals surface area contributed by atoms with Gasteiger partial charge in [-0.2, -0.15) is 0 Å². The van der Waals surface area contributed by atoms with Crippen LogP contribution in [0, 0.1) is 13.7 Å². The van der Waals surface area contributed by atoms with E-state index >= 15 is 0 Å². The molecule has 2 aromatic rings. The Morgan fingerprint density at radius 2 is 1.93 bits per heavy atom. The van der Waals surface area contributed by atoms with Crippen molar-refractivity contribution >= 4 is 0 Å². The van der Waals surface area contributed by atoms with Gasteiger partial charge in [0.25, 0.3) is 0 Å². The van der Waals surface area contributed by atoms with Crippen molar-refractivity contribution in [1.82, 2.24) is 4.98 Å². The monoisotopic (exact) mass is 190 g/mol. The molecule has 1 heteroatoms. The summed E-state index contributed by atoms with van der Waals surface area (Å²) in [5.41, 5.74) is 1.13. The summed E-state index contributed by atoms with van der Waals surface area (Å²) in [5.74, 6) is 0. The summed E-state index contributed by atoms with van der Waals surface area (Å²) in [4.78, 5) is 4.04. The van der Waals surface area contributed by atoms with Crippen LogP contribution in [0.25, 0.3) is 11.3 Å². The fourth-order valence-electron chi connectivity index (χ4n) is 1.19. The van der Waals surface area contributed by atoms with Crippen LogP contribution in [0.15, 0.2) is 42.6 Å². The minimum Gasteiger partial charge on any atom is -0.256 e. The average Bonchev–Trinajstić information content (AvgIpc) is 2.37.